The number of carbonyl (C=O) groups is 1. The number of rotatable bonds is 7. The molecule has 1 saturated carbocycles. The maximum atomic E-state index is 11.9. The Kier molecular flexibility index (Phi) is 5.44. The van der Waals surface area contributed by atoms with Crippen LogP contribution >= 0.6 is 11.6 Å². The van der Waals surface area contributed by atoms with E-state index in [2.05, 4.69) is 13.8 Å². The molecule has 3 heteroatoms. The second-order valence-corrected chi connectivity index (χ2v) is 5.11. The van der Waals surface area contributed by atoms with E-state index in [1.165, 1.54) is 12.8 Å². The van der Waals surface area contributed by atoms with Crippen LogP contribution in [0.15, 0.2) is 0 Å². The van der Waals surface area contributed by atoms with Gasteiger partial charge >= 0.3 is 0 Å². The quantitative estimate of drug-likeness (QED) is 0.487. The Bertz CT molecular complexity index is 202. The highest BCUT2D eigenvalue weighted by Crippen LogP contribution is 2.30. The van der Waals surface area contributed by atoms with Gasteiger partial charge in [-0.25, -0.2) is 0 Å². The van der Waals surface area contributed by atoms with E-state index in [4.69, 9.17) is 11.6 Å². The molecule has 0 spiro atoms. The van der Waals surface area contributed by atoms with Gasteiger partial charge in [-0.3, -0.25) is 4.79 Å². The van der Waals surface area contributed by atoms with E-state index < -0.39 is 0 Å². The number of carbonyl (C=O) groups excluding carboxylic acids is 1. The summed E-state index contributed by atoms with van der Waals surface area (Å²) in [6, 6.07) is 0.342. The summed E-state index contributed by atoms with van der Waals surface area (Å²) in [6.07, 6.45) is 5.15. The maximum absolute atomic E-state index is 11.9. The van der Waals surface area contributed by atoms with Crippen LogP contribution in [-0.4, -0.2) is 29.3 Å². The van der Waals surface area contributed by atoms with Crippen molar-refractivity contribution in [2.75, 3.05) is 12.4 Å². The lowest BCUT2D eigenvalue weighted by Crippen LogP contribution is -2.38. The zero-order valence-electron chi connectivity index (χ0n) is 9.84. The van der Waals surface area contributed by atoms with Crippen molar-refractivity contribution in [1.82, 2.24) is 4.90 Å². The average Bonchev–Trinajstić information content (AvgIpc) is 2.97. The second-order valence-electron chi connectivity index (χ2n) is 4.73. The minimum absolute atomic E-state index is 0.307. The van der Waals surface area contributed by atoms with Crippen LogP contribution < -0.4 is 0 Å². The molecule has 0 aliphatic heterocycles. The topological polar surface area (TPSA) is 20.3 Å². The molecule has 0 radical (unpaired) electrons. The van der Waals surface area contributed by atoms with Crippen molar-refractivity contribution < 1.29 is 4.79 Å². The van der Waals surface area contributed by atoms with Gasteiger partial charge in [-0.1, -0.05) is 0 Å². The highest BCUT2D eigenvalue weighted by Gasteiger charge is 2.27. The van der Waals surface area contributed by atoms with Crippen molar-refractivity contribution in [3.8, 4) is 0 Å². The highest BCUT2D eigenvalue weighted by molar-refractivity contribution is 6.17. The molecule has 0 N–H and O–H groups in total. The summed E-state index contributed by atoms with van der Waals surface area (Å²) in [5, 5.41) is 0. The molecule has 88 valence electrons. The number of hydrogen-bond donors (Lipinski definition) is 0. The molecule has 0 saturated heterocycles. The summed E-state index contributed by atoms with van der Waals surface area (Å²) in [7, 11) is 0. The molecule has 1 aliphatic carbocycles. The third kappa shape index (κ3) is 4.87. The maximum Gasteiger partial charge on any atom is 0.222 e. The van der Waals surface area contributed by atoms with E-state index >= 15 is 0 Å². The Balaban J connectivity index is 2.29. The van der Waals surface area contributed by atoms with Crippen LogP contribution in [0.25, 0.3) is 0 Å². The molecule has 0 aromatic heterocycles. The van der Waals surface area contributed by atoms with Gasteiger partial charge in [-0.15, -0.1) is 11.6 Å². The van der Waals surface area contributed by atoms with Gasteiger partial charge in [0, 0.05) is 24.9 Å². The van der Waals surface area contributed by atoms with Crippen LogP contribution in [0.5, 0.6) is 0 Å². The van der Waals surface area contributed by atoms with Gasteiger partial charge in [0.1, 0.15) is 0 Å². The third-order valence-corrected chi connectivity index (χ3v) is 3.14. The van der Waals surface area contributed by atoms with Crippen LogP contribution in [0.2, 0.25) is 0 Å². The fourth-order valence-corrected chi connectivity index (χ4v) is 1.88. The molecule has 0 heterocycles. The first kappa shape index (κ1) is 12.8. The van der Waals surface area contributed by atoms with Crippen molar-refractivity contribution in [2.24, 2.45) is 5.92 Å². The van der Waals surface area contributed by atoms with E-state index in [0.717, 1.165) is 25.3 Å². The first-order valence-corrected chi connectivity index (χ1v) is 6.54. The normalized spacial score (nSPS) is 15.7. The van der Waals surface area contributed by atoms with Crippen molar-refractivity contribution in [3.63, 3.8) is 0 Å². The van der Waals surface area contributed by atoms with Crippen molar-refractivity contribution in [3.05, 3.63) is 0 Å². The lowest BCUT2D eigenvalue weighted by Gasteiger charge is -2.26. The van der Waals surface area contributed by atoms with E-state index in [1.807, 2.05) is 4.90 Å². The van der Waals surface area contributed by atoms with Gasteiger partial charge in [0.05, 0.1) is 0 Å². The summed E-state index contributed by atoms with van der Waals surface area (Å²) in [4.78, 5) is 13.9. The Morgan fingerprint density at radius 2 is 2.07 bits per heavy atom. The van der Waals surface area contributed by atoms with E-state index in [0.29, 0.717) is 24.2 Å². The van der Waals surface area contributed by atoms with Crippen molar-refractivity contribution in [1.29, 1.82) is 0 Å². The van der Waals surface area contributed by atoms with Gasteiger partial charge in [0.15, 0.2) is 0 Å². The number of unbranched alkanes of at least 4 members (excludes halogenated alkanes) is 1. The molecule has 0 aromatic rings. The van der Waals surface area contributed by atoms with E-state index in [9.17, 15) is 4.79 Å². The second kappa shape index (κ2) is 6.37. The minimum atomic E-state index is 0.307. The van der Waals surface area contributed by atoms with Crippen LogP contribution in [0.3, 0.4) is 0 Å². The summed E-state index contributed by atoms with van der Waals surface area (Å²) < 4.78 is 0. The summed E-state index contributed by atoms with van der Waals surface area (Å²) >= 11 is 5.60. The van der Waals surface area contributed by atoms with Crippen LogP contribution in [0.4, 0.5) is 0 Å². The molecule has 15 heavy (non-hydrogen) atoms. The molecule has 1 fully saturated rings. The lowest BCUT2D eigenvalue weighted by atomic mass is 10.2. The Hall–Kier alpha value is -0.240. The number of amides is 1. The Morgan fingerprint density at radius 3 is 2.53 bits per heavy atom. The molecule has 0 bridgehead atoms. The highest BCUT2D eigenvalue weighted by atomic mass is 35.5. The predicted octanol–water partition coefficient (Wildman–Crippen LogP) is 3.04. The number of alkyl halides is 1. The Labute approximate surface area is 98.0 Å². The predicted molar refractivity (Wildman–Crippen MR) is 64.1 cm³/mol. The first-order chi connectivity index (χ1) is 7.15. The van der Waals surface area contributed by atoms with Gasteiger partial charge in [0.2, 0.25) is 5.91 Å². The fourth-order valence-electron chi connectivity index (χ4n) is 1.69. The number of hydrogen-bond acceptors (Lipinski definition) is 1. The molecule has 0 aromatic carbocycles. The van der Waals surface area contributed by atoms with E-state index in [1.54, 1.807) is 0 Å². The summed E-state index contributed by atoms with van der Waals surface area (Å²) in [5.41, 5.74) is 0. The standard InChI is InChI=1S/C12H22ClNO/c1-10(2)14(9-11-6-7-11)12(15)5-3-4-8-13/h10-11H,3-9H2,1-2H3. The monoisotopic (exact) mass is 231 g/mol. The fraction of sp³-hybridized carbons (Fsp3) is 0.917. The molecule has 1 amide bonds. The van der Waals surface area contributed by atoms with Crippen LogP contribution in [0, 0.1) is 5.92 Å². The average molecular weight is 232 g/mol. The van der Waals surface area contributed by atoms with Gasteiger partial charge in [-0.05, 0) is 45.4 Å². The molecular weight excluding hydrogens is 210 g/mol. The smallest absolute Gasteiger partial charge is 0.222 e. The van der Waals surface area contributed by atoms with Gasteiger partial charge in [-0.2, -0.15) is 0 Å². The minimum Gasteiger partial charge on any atom is -0.340 e. The van der Waals surface area contributed by atoms with Gasteiger partial charge in [0.25, 0.3) is 0 Å². The molecule has 1 aliphatic rings. The van der Waals surface area contributed by atoms with Crippen molar-refractivity contribution in [2.45, 2.75) is 52.0 Å². The van der Waals surface area contributed by atoms with E-state index in [-0.39, 0.29) is 0 Å². The zero-order chi connectivity index (χ0) is 11.3. The molecular formula is C12H22ClNO. The molecule has 0 atom stereocenters. The van der Waals surface area contributed by atoms with Gasteiger partial charge < -0.3 is 4.90 Å². The summed E-state index contributed by atoms with van der Waals surface area (Å²) in [6.45, 7) is 5.17. The first-order valence-electron chi connectivity index (χ1n) is 6.00. The Morgan fingerprint density at radius 1 is 1.40 bits per heavy atom. The lowest BCUT2D eigenvalue weighted by molar-refractivity contribution is -0.133. The summed E-state index contributed by atoms with van der Waals surface area (Å²) in [5.74, 6) is 1.75. The largest absolute Gasteiger partial charge is 0.340 e. The zero-order valence-corrected chi connectivity index (χ0v) is 10.6. The third-order valence-electron chi connectivity index (χ3n) is 2.87. The van der Waals surface area contributed by atoms with Crippen LogP contribution in [-0.2, 0) is 4.79 Å². The molecule has 0 unspecified atom stereocenters. The number of halogens is 1. The molecule has 1 rings (SSSR count). The number of nitrogens with zero attached hydrogens (tertiary/aromatic N) is 1. The molecule has 2 nitrogen and oxygen atoms in total. The van der Waals surface area contributed by atoms with Crippen LogP contribution in [0.1, 0.15) is 46.0 Å². The SMILES string of the molecule is CC(C)N(CC1CC1)C(=O)CCCCCl. The van der Waals surface area contributed by atoms with Crippen molar-refractivity contribution >= 4 is 17.5 Å².